The zero-order valence-electron chi connectivity index (χ0n) is 8.26. The summed E-state index contributed by atoms with van der Waals surface area (Å²) in [5.41, 5.74) is 0.846. The van der Waals surface area contributed by atoms with Gasteiger partial charge in [0, 0.05) is 5.69 Å². The molecule has 1 aromatic rings. The average Bonchev–Trinajstić information content (AvgIpc) is 2.26. The van der Waals surface area contributed by atoms with Gasteiger partial charge in [-0.25, -0.2) is 4.79 Å². The Morgan fingerprint density at radius 3 is 2.44 bits per heavy atom. The van der Waals surface area contributed by atoms with Crippen molar-refractivity contribution in [2.24, 2.45) is 5.84 Å². The van der Waals surface area contributed by atoms with Gasteiger partial charge in [-0.3, -0.25) is 5.84 Å². The number of hydrogen-bond acceptors (Lipinski definition) is 4. The topological polar surface area (TPSA) is 64.3 Å². The predicted molar refractivity (Wildman–Crippen MR) is 50.6 cm³/mol. The lowest BCUT2D eigenvalue weighted by Gasteiger charge is -2.10. The van der Waals surface area contributed by atoms with E-state index in [1.807, 2.05) is 0 Å². The van der Waals surface area contributed by atoms with Crippen LogP contribution < -0.4 is 11.3 Å². The number of hydrogen-bond donors (Lipinski definition) is 2. The zero-order chi connectivity index (χ0) is 12.3. The minimum absolute atomic E-state index is 0.0183. The number of alkyl halides is 3. The molecular formula is C9H9F3N2O2. The maximum absolute atomic E-state index is 12.4. The van der Waals surface area contributed by atoms with E-state index in [0.717, 1.165) is 13.2 Å². The molecule has 4 nitrogen and oxygen atoms in total. The van der Waals surface area contributed by atoms with Crippen LogP contribution in [0.3, 0.4) is 0 Å². The number of carbonyl (C=O) groups excluding carboxylic acids is 1. The maximum atomic E-state index is 12.4. The van der Waals surface area contributed by atoms with Crippen molar-refractivity contribution in [3.05, 3.63) is 29.3 Å². The maximum Gasteiger partial charge on any atom is 0.416 e. The molecule has 0 saturated heterocycles. The molecule has 0 bridgehead atoms. The number of nitrogens with one attached hydrogen (secondary N) is 1. The molecule has 0 atom stereocenters. The Morgan fingerprint density at radius 2 is 2.00 bits per heavy atom. The number of methoxy groups -OCH3 is 1. The van der Waals surface area contributed by atoms with E-state index in [4.69, 9.17) is 5.84 Å². The number of esters is 1. The van der Waals surface area contributed by atoms with Gasteiger partial charge < -0.3 is 10.2 Å². The fourth-order valence-corrected chi connectivity index (χ4v) is 1.11. The van der Waals surface area contributed by atoms with Crippen molar-refractivity contribution in [2.45, 2.75) is 6.18 Å². The highest BCUT2D eigenvalue weighted by Gasteiger charge is 2.31. The predicted octanol–water partition coefficient (Wildman–Crippen LogP) is 1.78. The van der Waals surface area contributed by atoms with Crippen LogP contribution in [0.1, 0.15) is 15.9 Å². The second-order valence-electron chi connectivity index (χ2n) is 2.93. The van der Waals surface area contributed by atoms with E-state index < -0.39 is 17.7 Å². The lowest BCUT2D eigenvalue weighted by Crippen LogP contribution is -2.13. The molecule has 3 N–H and O–H groups in total. The molecule has 0 aliphatic heterocycles. The molecule has 1 rings (SSSR count). The number of benzene rings is 1. The first-order valence-corrected chi connectivity index (χ1v) is 4.15. The molecule has 88 valence electrons. The summed E-state index contributed by atoms with van der Waals surface area (Å²) in [5, 5.41) is 0. The summed E-state index contributed by atoms with van der Waals surface area (Å²) in [6.45, 7) is 0. The van der Waals surface area contributed by atoms with Crippen molar-refractivity contribution in [2.75, 3.05) is 12.5 Å². The third-order valence-electron chi connectivity index (χ3n) is 1.85. The second kappa shape index (κ2) is 4.40. The standard InChI is InChI=1S/C9H9F3N2O2/c1-16-8(15)5-2-6(9(10,11)12)4-7(3-5)14-13/h2-4,14H,13H2,1H3. The molecule has 0 aliphatic rings. The normalized spacial score (nSPS) is 11.1. The van der Waals surface area contributed by atoms with Crippen molar-refractivity contribution in [1.29, 1.82) is 0 Å². The van der Waals surface area contributed by atoms with Crippen LogP contribution in [0.25, 0.3) is 0 Å². The monoisotopic (exact) mass is 234 g/mol. The number of anilines is 1. The van der Waals surface area contributed by atoms with E-state index in [0.29, 0.717) is 6.07 Å². The van der Waals surface area contributed by atoms with Gasteiger partial charge in [0.2, 0.25) is 0 Å². The number of carbonyl (C=O) groups is 1. The Hall–Kier alpha value is -1.76. The largest absolute Gasteiger partial charge is 0.465 e. The molecule has 0 aromatic heterocycles. The highest BCUT2D eigenvalue weighted by atomic mass is 19.4. The summed E-state index contributed by atoms with van der Waals surface area (Å²) in [4.78, 5) is 11.1. The van der Waals surface area contributed by atoms with E-state index in [2.05, 4.69) is 10.2 Å². The van der Waals surface area contributed by atoms with E-state index in [-0.39, 0.29) is 11.3 Å². The molecule has 0 saturated carbocycles. The molecule has 0 radical (unpaired) electrons. The number of halogens is 3. The molecular weight excluding hydrogens is 225 g/mol. The minimum Gasteiger partial charge on any atom is -0.465 e. The molecule has 1 aromatic carbocycles. The summed E-state index contributed by atoms with van der Waals surface area (Å²) in [7, 11) is 1.08. The van der Waals surface area contributed by atoms with Crippen molar-refractivity contribution in [3.8, 4) is 0 Å². The molecule has 7 heteroatoms. The van der Waals surface area contributed by atoms with Gasteiger partial charge in [-0.15, -0.1) is 0 Å². The van der Waals surface area contributed by atoms with Crippen molar-refractivity contribution >= 4 is 11.7 Å². The summed E-state index contributed by atoms with van der Waals surface area (Å²) >= 11 is 0. The first-order chi connectivity index (χ1) is 7.38. The van der Waals surface area contributed by atoms with Gasteiger partial charge in [0.05, 0.1) is 18.2 Å². The Kier molecular flexibility index (Phi) is 3.38. The Balaban J connectivity index is 3.27. The lowest BCUT2D eigenvalue weighted by molar-refractivity contribution is -0.137. The van der Waals surface area contributed by atoms with Crippen LogP contribution in [-0.4, -0.2) is 13.1 Å². The van der Waals surface area contributed by atoms with Gasteiger partial charge in [-0.2, -0.15) is 13.2 Å². The molecule has 0 amide bonds. The summed E-state index contributed by atoms with van der Waals surface area (Å²) in [6.07, 6.45) is -4.55. The zero-order valence-corrected chi connectivity index (χ0v) is 8.26. The van der Waals surface area contributed by atoms with Crippen LogP contribution in [0.2, 0.25) is 0 Å². The first-order valence-electron chi connectivity index (χ1n) is 4.15. The molecule has 0 unspecified atom stereocenters. The van der Waals surface area contributed by atoms with Gasteiger partial charge in [0.15, 0.2) is 0 Å². The molecule has 0 heterocycles. The van der Waals surface area contributed by atoms with Crippen LogP contribution in [0.5, 0.6) is 0 Å². The highest BCUT2D eigenvalue weighted by Crippen LogP contribution is 2.31. The molecule has 0 fully saturated rings. The molecule has 16 heavy (non-hydrogen) atoms. The third-order valence-corrected chi connectivity index (χ3v) is 1.85. The van der Waals surface area contributed by atoms with Gasteiger partial charge >= 0.3 is 12.1 Å². The Labute approximate surface area is 89.2 Å². The average molecular weight is 234 g/mol. The van der Waals surface area contributed by atoms with Crippen LogP contribution in [0, 0.1) is 0 Å². The smallest absolute Gasteiger partial charge is 0.416 e. The molecule has 0 aliphatic carbocycles. The first kappa shape index (κ1) is 12.3. The Morgan fingerprint density at radius 1 is 1.38 bits per heavy atom. The van der Waals surface area contributed by atoms with Crippen molar-refractivity contribution < 1.29 is 22.7 Å². The van der Waals surface area contributed by atoms with Crippen LogP contribution >= 0.6 is 0 Å². The van der Waals surface area contributed by atoms with E-state index in [1.54, 1.807) is 0 Å². The summed E-state index contributed by atoms with van der Waals surface area (Å²) < 4.78 is 41.6. The van der Waals surface area contributed by atoms with Gasteiger partial charge in [0.25, 0.3) is 0 Å². The van der Waals surface area contributed by atoms with Gasteiger partial charge in [0.1, 0.15) is 0 Å². The van der Waals surface area contributed by atoms with Gasteiger partial charge in [-0.1, -0.05) is 0 Å². The number of hydrazine groups is 1. The van der Waals surface area contributed by atoms with Gasteiger partial charge in [-0.05, 0) is 18.2 Å². The Bertz CT molecular complexity index is 404. The number of nitrogen functional groups attached to an aromatic ring is 1. The van der Waals surface area contributed by atoms with E-state index in [9.17, 15) is 18.0 Å². The molecule has 0 spiro atoms. The third kappa shape index (κ3) is 2.63. The number of nitrogens with two attached hydrogens (primary N) is 1. The quantitative estimate of drug-likeness (QED) is 0.465. The van der Waals surface area contributed by atoms with Crippen LogP contribution in [0.4, 0.5) is 18.9 Å². The fraction of sp³-hybridized carbons (Fsp3) is 0.222. The highest BCUT2D eigenvalue weighted by molar-refractivity contribution is 5.90. The van der Waals surface area contributed by atoms with Crippen LogP contribution in [-0.2, 0) is 10.9 Å². The number of rotatable bonds is 2. The van der Waals surface area contributed by atoms with Crippen molar-refractivity contribution in [3.63, 3.8) is 0 Å². The van der Waals surface area contributed by atoms with Crippen molar-refractivity contribution in [1.82, 2.24) is 0 Å². The minimum atomic E-state index is -4.55. The summed E-state index contributed by atoms with van der Waals surface area (Å²) in [5.74, 6) is 4.14. The fourth-order valence-electron chi connectivity index (χ4n) is 1.11. The summed E-state index contributed by atoms with van der Waals surface area (Å²) in [6, 6.07) is 2.67. The SMILES string of the molecule is COC(=O)c1cc(NN)cc(C(F)(F)F)c1. The lowest BCUT2D eigenvalue weighted by atomic mass is 10.1. The second-order valence-corrected chi connectivity index (χ2v) is 2.93. The van der Waals surface area contributed by atoms with Crippen LogP contribution in [0.15, 0.2) is 18.2 Å². The number of ether oxygens (including phenoxy) is 1. The van der Waals surface area contributed by atoms with E-state index in [1.165, 1.54) is 6.07 Å². The van der Waals surface area contributed by atoms with E-state index >= 15 is 0 Å².